The summed E-state index contributed by atoms with van der Waals surface area (Å²) in [5.41, 5.74) is 3.37. The summed E-state index contributed by atoms with van der Waals surface area (Å²) in [6.07, 6.45) is 4.04. The number of hydrogen-bond acceptors (Lipinski definition) is 1. The van der Waals surface area contributed by atoms with E-state index in [9.17, 15) is 0 Å². The molecule has 0 fully saturated rings. The normalized spacial score (nSPS) is 10.5. The highest BCUT2D eigenvalue weighted by molar-refractivity contribution is 5.81. The summed E-state index contributed by atoms with van der Waals surface area (Å²) >= 11 is 0. The fraction of sp³-hybridized carbons (Fsp3) is 0.214. The van der Waals surface area contributed by atoms with Gasteiger partial charge in [-0.15, -0.1) is 0 Å². The first-order chi connectivity index (χ1) is 7.33. The Morgan fingerprint density at radius 2 is 2.07 bits per heavy atom. The number of nitrogens with zero attached hydrogens (tertiary/aromatic N) is 1. The molecule has 0 aliphatic heterocycles. The first-order valence-electron chi connectivity index (χ1n) is 5.35. The van der Waals surface area contributed by atoms with Crippen LogP contribution < -0.4 is 0 Å². The first kappa shape index (κ1) is 9.91. The van der Waals surface area contributed by atoms with Crippen molar-refractivity contribution in [3.63, 3.8) is 0 Å². The van der Waals surface area contributed by atoms with Crippen LogP contribution in [-0.4, -0.2) is 4.98 Å². The molecule has 2 rings (SSSR count). The molecular formula is C14H15N. The molecule has 0 N–H and O–H groups in total. The van der Waals surface area contributed by atoms with Crippen LogP contribution in [0.2, 0.25) is 0 Å². The molecule has 2 aromatic rings. The van der Waals surface area contributed by atoms with Crippen LogP contribution in [0.4, 0.5) is 0 Å². The lowest BCUT2D eigenvalue weighted by atomic mass is 10.1. The van der Waals surface area contributed by atoms with Gasteiger partial charge in [0.1, 0.15) is 0 Å². The summed E-state index contributed by atoms with van der Waals surface area (Å²) in [6, 6.07) is 10.5. The molecule has 1 heterocycles. The van der Waals surface area contributed by atoms with E-state index in [2.05, 4.69) is 48.8 Å². The Labute approximate surface area is 90.5 Å². The summed E-state index contributed by atoms with van der Waals surface area (Å²) in [5, 5.41) is 1.19. The standard InChI is InChI=1S/C14H15N/c1-3-5-13-9-8-12-7-6-11(4-2)10-14(12)15-13/h4,6-10H,2-3,5H2,1H3. The quantitative estimate of drug-likeness (QED) is 0.728. The van der Waals surface area contributed by atoms with E-state index in [-0.39, 0.29) is 0 Å². The van der Waals surface area contributed by atoms with Gasteiger partial charge in [-0.3, -0.25) is 4.98 Å². The molecule has 0 amide bonds. The Bertz CT molecular complexity index is 486. The number of aryl methyl sites for hydroxylation is 1. The van der Waals surface area contributed by atoms with Crippen molar-refractivity contribution in [2.24, 2.45) is 0 Å². The van der Waals surface area contributed by atoms with Gasteiger partial charge < -0.3 is 0 Å². The third-order valence-corrected chi connectivity index (χ3v) is 2.52. The zero-order valence-corrected chi connectivity index (χ0v) is 9.03. The largest absolute Gasteiger partial charge is 0.253 e. The second-order valence-corrected chi connectivity index (χ2v) is 3.71. The number of benzene rings is 1. The zero-order valence-electron chi connectivity index (χ0n) is 9.03. The Balaban J connectivity index is 2.52. The molecule has 0 radical (unpaired) electrons. The van der Waals surface area contributed by atoms with Crippen LogP contribution in [0.5, 0.6) is 0 Å². The maximum atomic E-state index is 4.63. The highest BCUT2D eigenvalue weighted by Gasteiger charge is 1.98. The summed E-state index contributed by atoms with van der Waals surface area (Å²) in [7, 11) is 0. The van der Waals surface area contributed by atoms with Gasteiger partial charge in [0.25, 0.3) is 0 Å². The Kier molecular flexibility index (Phi) is 2.82. The molecular weight excluding hydrogens is 182 g/mol. The Morgan fingerprint density at radius 1 is 1.27 bits per heavy atom. The van der Waals surface area contributed by atoms with Gasteiger partial charge in [-0.25, -0.2) is 0 Å². The van der Waals surface area contributed by atoms with Crippen molar-refractivity contribution in [3.8, 4) is 0 Å². The third kappa shape index (κ3) is 2.07. The number of pyridine rings is 1. The van der Waals surface area contributed by atoms with Crippen molar-refractivity contribution in [3.05, 3.63) is 48.2 Å². The molecule has 0 spiro atoms. The second kappa shape index (κ2) is 4.26. The second-order valence-electron chi connectivity index (χ2n) is 3.71. The van der Waals surface area contributed by atoms with Crippen LogP contribution in [0.25, 0.3) is 17.0 Å². The average Bonchev–Trinajstić information content (AvgIpc) is 2.28. The van der Waals surface area contributed by atoms with Crippen LogP contribution in [0.3, 0.4) is 0 Å². The smallest absolute Gasteiger partial charge is 0.0711 e. The lowest BCUT2D eigenvalue weighted by Crippen LogP contribution is -1.89. The molecule has 1 nitrogen and oxygen atoms in total. The highest BCUT2D eigenvalue weighted by atomic mass is 14.7. The van der Waals surface area contributed by atoms with E-state index < -0.39 is 0 Å². The minimum Gasteiger partial charge on any atom is -0.253 e. The molecule has 0 aliphatic rings. The fourth-order valence-electron chi connectivity index (χ4n) is 1.70. The topological polar surface area (TPSA) is 12.9 Å². The Morgan fingerprint density at radius 3 is 2.80 bits per heavy atom. The van der Waals surface area contributed by atoms with E-state index in [1.807, 2.05) is 6.08 Å². The van der Waals surface area contributed by atoms with Gasteiger partial charge in [-0.05, 0) is 24.1 Å². The maximum absolute atomic E-state index is 4.63. The van der Waals surface area contributed by atoms with Crippen LogP contribution in [-0.2, 0) is 6.42 Å². The monoisotopic (exact) mass is 197 g/mol. The van der Waals surface area contributed by atoms with E-state index >= 15 is 0 Å². The molecule has 0 atom stereocenters. The predicted octanol–water partition coefficient (Wildman–Crippen LogP) is 3.83. The number of fused-ring (bicyclic) bond motifs is 1. The van der Waals surface area contributed by atoms with Crippen LogP contribution >= 0.6 is 0 Å². The molecule has 1 aromatic carbocycles. The fourth-order valence-corrected chi connectivity index (χ4v) is 1.70. The predicted molar refractivity (Wildman–Crippen MR) is 65.8 cm³/mol. The van der Waals surface area contributed by atoms with Crippen molar-refractivity contribution < 1.29 is 0 Å². The van der Waals surface area contributed by atoms with Gasteiger partial charge >= 0.3 is 0 Å². The average molecular weight is 197 g/mol. The molecule has 1 heteroatoms. The van der Waals surface area contributed by atoms with E-state index in [4.69, 9.17) is 0 Å². The van der Waals surface area contributed by atoms with Crippen molar-refractivity contribution >= 4 is 17.0 Å². The van der Waals surface area contributed by atoms with Gasteiger partial charge in [-0.1, -0.05) is 44.2 Å². The van der Waals surface area contributed by atoms with Crippen molar-refractivity contribution in [1.82, 2.24) is 4.98 Å². The van der Waals surface area contributed by atoms with Crippen molar-refractivity contribution in [2.75, 3.05) is 0 Å². The lowest BCUT2D eigenvalue weighted by molar-refractivity contribution is 0.890. The number of aromatic nitrogens is 1. The maximum Gasteiger partial charge on any atom is 0.0711 e. The molecule has 15 heavy (non-hydrogen) atoms. The molecule has 0 bridgehead atoms. The minimum atomic E-state index is 1.05. The van der Waals surface area contributed by atoms with Crippen LogP contribution in [0.1, 0.15) is 24.6 Å². The van der Waals surface area contributed by atoms with Crippen LogP contribution in [0.15, 0.2) is 36.9 Å². The Hall–Kier alpha value is -1.63. The number of hydrogen-bond donors (Lipinski definition) is 0. The molecule has 0 aliphatic carbocycles. The van der Waals surface area contributed by atoms with Gasteiger partial charge in [0.2, 0.25) is 0 Å². The minimum absolute atomic E-state index is 1.05. The SMILES string of the molecule is C=Cc1ccc2ccc(CCC)nc2c1. The van der Waals surface area contributed by atoms with Crippen molar-refractivity contribution in [2.45, 2.75) is 19.8 Å². The molecule has 1 aromatic heterocycles. The summed E-state index contributed by atoms with van der Waals surface area (Å²) < 4.78 is 0. The molecule has 0 saturated heterocycles. The van der Waals surface area contributed by atoms with Crippen LogP contribution in [0, 0.1) is 0 Å². The van der Waals surface area contributed by atoms with E-state index in [0.29, 0.717) is 0 Å². The van der Waals surface area contributed by atoms with Gasteiger partial charge in [0.05, 0.1) is 5.52 Å². The summed E-state index contributed by atoms with van der Waals surface area (Å²) in [6.45, 7) is 5.94. The van der Waals surface area contributed by atoms with Gasteiger partial charge in [0, 0.05) is 11.1 Å². The molecule has 0 unspecified atom stereocenters. The zero-order chi connectivity index (χ0) is 10.7. The van der Waals surface area contributed by atoms with E-state index in [0.717, 1.165) is 23.9 Å². The summed E-state index contributed by atoms with van der Waals surface area (Å²) in [5.74, 6) is 0. The van der Waals surface area contributed by atoms with Gasteiger partial charge in [0.15, 0.2) is 0 Å². The lowest BCUT2D eigenvalue weighted by Gasteiger charge is -2.02. The summed E-state index contributed by atoms with van der Waals surface area (Å²) in [4.78, 5) is 4.63. The van der Waals surface area contributed by atoms with Gasteiger partial charge in [-0.2, -0.15) is 0 Å². The highest BCUT2D eigenvalue weighted by Crippen LogP contribution is 2.16. The molecule has 0 saturated carbocycles. The third-order valence-electron chi connectivity index (χ3n) is 2.52. The van der Waals surface area contributed by atoms with E-state index in [1.165, 1.54) is 11.1 Å². The van der Waals surface area contributed by atoms with E-state index in [1.54, 1.807) is 0 Å². The molecule has 76 valence electrons. The first-order valence-corrected chi connectivity index (χ1v) is 5.35. The van der Waals surface area contributed by atoms with Crippen molar-refractivity contribution in [1.29, 1.82) is 0 Å². The number of rotatable bonds is 3.